The van der Waals surface area contributed by atoms with Crippen LogP contribution in [0.15, 0.2) is 24.3 Å². The molecule has 2 fully saturated rings. The van der Waals surface area contributed by atoms with Crippen LogP contribution in [-0.4, -0.2) is 32.5 Å². The molecular weight excluding hydrogens is 350 g/mol. The highest BCUT2D eigenvalue weighted by Gasteiger charge is 2.28. The van der Waals surface area contributed by atoms with Gasteiger partial charge in [0.15, 0.2) is 11.6 Å². The fourth-order valence-electron chi connectivity index (χ4n) is 4.19. The SMILES string of the molecule is CC=CC1CCC(COC2CCC(c3ccc(OC)c(F)c3F)CC2)OC1. The van der Waals surface area contributed by atoms with Crippen molar-refractivity contribution in [2.45, 2.75) is 63.6 Å². The van der Waals surface area contributed by atoms with Crippen LogP contribution in [0, 0.1) is 17.6 Å². The van der Waals surface area contributed by atoms with E-state index < -0.39 is 11.6 Å². The molecule has 1 aromatic carbocycles. The average Bonchev–Trinajstić information content (AvgIpc) is 2.70. The van der Waals surface area contributed by atoms with Crippen LogP contribution in [0.1, 0.15) is 56.9 Å². The molecule has 1 aliphatic heterocycles. The van der Waals surface area contributed by atoms with E-state index in [0.29, 0.717) is 18.1 Å². The lowest BCUT2D eigenvalue weighted by atomic mass is 9.82. The van der Waals surface area contributed by atoms with E-state index in [1.165, 1.54) is 13.2 Å². The molecule has 1 saturated carbocycles. The number of halogens is 2. The van der Waals surface area contributed by atoms with Crippen molar-refractivity contribution in [1.82, 2.24) is 0 Å². The van der Waals surface area contributed by atoms with Crippen LogP contribution in [0.3, 0.4) is 0 Å². The van der Waals surface area contributed by atoms with Crippen LogP contribution >= 0.6 is 0 Å². The predicted molar refractivity (Wildman–Crippen MR) is 101 cm³/mol. The minimum absolute atomic E-state index is 0.0396. The van der Waals surface area contributed by atoms with E-state index in [1.54, 1.807) is 6.07 Å². The summed E-state index contributed by atoms with van der Waals surface area (Å²) in [4.78, 5) is 0. The normalized spacial score (nSPS) is 29.2. The third kappa shape index (κ3) is 5.08. The van der Waals surface area contributed by atoms with Gasteiger partial charge in [-0.15, -0.1) is 0 Å². The van der Waals surface area contributed by atoms with Crippen molar-refractivity contribution in [2.75, 3.05) is 20.3 Å². The van der Waals surface area contributed by atoms with Gasteiger partial charge < -0.3 is 14.2 Å². The molecule has 3 rings (SSSR count). The van der Waals surface area contributed by atoms with Gasteiger partial charge in [0.2, 0.25) is 5.82 Å². The zero-order valence-corrected chi connectivity index (χ0v) is 16.3. The molecule has 1 aromatic rings. The van der Waals surface area contributed by atoms with Crippen LogP contribution < -0.4 is 4.74 Å². The summed E-state index contributed by atoms with van der Waals surface area (Å²) in [6, 6.07) is 3.16. The second-order valence-corrected chi connectivity index (χ2v) is 7.61. The molecule has 2 unspecified atom stereocenters. The van der Waals surface area contributed by atoms with E-state index in [4.69, 9.17) is 14.2 Å². The quantitative estimate of drug-likeness (QED) is 0.620. The molecule has 0 amide bonds. The standard InChI is InChI=1S/C22H30F2O3/c1-3-4-15-5-8-18(26-13-15)14-27-17-9-6-16(7-10-17)19-11-12-20(25-2)22(24)21(19)23/h3-4,11-12,15-18H,5-10,13-14H2,1-2H3. The van der Waals surface area contributed by atoms with Crippen molar-refractivity contribution in [3.05, 3.63) is 41.5 Å². The van der Waals surface area contributed by atoms with Crippen LogP contribution in [0.5, 0.6) is 5.75 Å². The van der Waals surface area contributed by atoms with Crippen molar-refractivity contribution in [3.8, 4) is 5.75 Å². The summed E-state index contributed by atoms with van der Waals surface area (Å²) in [6.45, 7) is 3.44. The zero-order valence-electron chi connectivity index (χ0n) is 16.3. The first-order chi connectivity index (χ1) is 13.1. The Morgan fingerprint density at radius 2 is 1.85 bits per heavy atom. The van der Waals surface area contributed by atoms with Gasteiger partial charge in [0.05, 0.1) is 32.5 Å². The van der Waals surface area contributed by atoms with Gasteiger partial charge in [-0.05, 0) is 63.0 Å². The molecule has 2 aliphatic rings. The molecule has 0 N–H and O–H groups in total. The van der Waals surface area contributed by atoms with Crippen molar-refractivity contribution >= 4 is 0 Å². The number of benzene rings is 1. The summed E-state index contributed by atoms with van der Waals surface area (Å²) >= 11 is 0. The van der Waals surface area contributed by atoms with Crippen LogP contribution in [0.2, 0.25) is 0 Å². The van der Waals surface area contributed by atoms with Crippen molar-refractivity contribution in [3.63, 3.8) is 0 Å². The van der Waals surface area contributed by atoms with E-state index in [-0.39, 0.29) is 23.9 Å². The Morgan fingerprint density at radius 1 is 1.07 bits per heavy atom. The van der Waals surface area contributed by atoms with Gasteiger partial charge in [0, 0.05) is 5.92 Å². The van der Waals surface area contributed by atoms with Gasteiger partial charge in [-0.1, -0.05) is 18.2 Å². The molecule has 0 spiro atoms. The van der Waals surface area contributed by atoms with E-state index in [0.717, 1.165) is 45.1 Å². The Labute approximate surface area is 160 Å². The van der Waals surface area contributed by atoms with Crippen LogP contribution in [0.4, 0.5) is 8.78 Å². The Bertz CT molecular complexity index is 631. The Hall–Kier alpha value is -1.46. The molecule has 1 saturated heterocycles. The van der Waals surface area contributed by atoms with Crippen molar-refractivity contribution in [2.24, 2.45) is 5.92 Å². The second-order valence-electron chi connectivity index (χ2n) is 7.61. The smallest absolute Gasteiger partial charge is 0.200 e. The maximum absolute atomic E-state index is 14.3. The molecule has 2 atom stereocenters. The minimum Gasteiger partial charge on any atom is -0.494 e. The summed E-state index contributed by atoms with van der Waals surface area (Å²) in [5.74, 6) is -1.14. The largest absolute Gasteiger partial charge is 0.494 e. The van der Waals surface area contributed by atoms with Gasteiger partial charge in [-0.25, -0.2) is 4.39 Å². The Balaban J connectivity index is 1.44. The molecule has 0 bridgehead atoms. The summed E-state index contributed by atoms with van der Waals surface area (Å²) in [7, 11) is 1.34. The lowest BCUT2D eigenvalue weighted by Crippen LogP contribution is -2.31. The number of allylic oxidation sites excluding steroid dienone is 1. The molecular formula is C22H30F2O3. The number of rotatable bonds is 6. The first-order valence-corrected chi connectivity index (χ1v) is 10.00. The fraction of sp³-hybridized carbons (Fsp3) is 0.636. The molecule has 5 heteroatoms. The highest BCUT2D eigenvalue weighted by Crippen LogP contribution is 2.37. The van der Waals surface area contributed by atoms with Gasteiger partial charge in [-0.2, -0.15) is 4.39 Å². The number of methoxy groups -OCH3 is 1. The van der Waals surface area contributed by atoms with Crippen molar-refractivity contribution in [1.29, 1.82) is 0 Å². The molecule has 150 valence electrons. The highest BCUT2D eigenvalue weighted by molar-refractivity contribution is 5.33. The van der Waals surface area contributed by atoms with E-state index >= 15 is 0 Å². The van der Waals surface area contributed by atoms with Gasteiger partial charge in [0.1, 0.15) is 0 Å². The molecule has 0 aromatic heterocycles. The number of hydrogen-bond acceptors (Lipinski definition) is 3. The van der Waals surface area contributed by atoms with Gasteiger partial charge >= 0.3 is 0 Å². The van der Waals surface area contributed by atoms with Crippen molar-refractivity contribution < 1.29 is 23.0 Å². The molecule has 27 heavy (non-hydrogen) atoms. The number of ether oxygens (including phenoxy) is 3. The van der Waals surface area contributed by atoms with Crippen LogP contribution in [-0.2, 0) is 9.47 Å². The first-order valence-electron chi connectivity index (χ1n) is 10.00. The second kappa shape index (κ2) is 9.65. The average molecular weight is 380 g/mol. The third-order valence-electron chi connectivity index (χ3n) is 5.80. The topological polar surface area (TPSA) is 27.7 Å². The first kappa shape index (κ1) is 20.3. The minimum atomic E-state index is -0.890. The van der Waals surface area contributed by atoms with Gasteiger partial charge in [0.25, 0.3) is 0 Å². The summed E-state index contributed by atoms with van der Waals surface area (Å²) in [5.41, 5.74) is 0.456. The van der Waals surface area contributed by atoms with Gasteiger partial charge in [-0.3, -0.25) is 0 Å². The molecule has 1 aliphatic carbocycles. The summed E-state index contributed by atoms with van der Waals surface area (Å²) < 4.78 is 45.1. The Morgan fingerprint density at radius 3 is 2.48 bits per heavy atom. The fourth-order valence-corrected chi connectivity index (χ4v) is 4.19. The van der Waals surface area contributed by atoms with E-state index in [1.807, 2.05) is 6.92 Å². The summed E-state index contributed by atoms with van der Waals surface area (Å²) in [5, 5.41) is 0. The Kier molecular flexibility index (Phi) is 7.25. The molecule has 1 heterocycles. The number of hydrogen-bond donors (Lipinski definition) is 0. The maximum atomic E-state index is 14.3. The predicted octanol–water partition coefficient (Wildman–Crippen LogP) is 5.39. The van der Waals surface area contributed by atoms with E-state index in [2.05, 4.69) is 12.2 Å². The third-order valence-corrected chi connectivity index (χ3v) is 5.80. The lowest BCUT2D eigenvalue weighted by Gasteiger charge is -2.32. The highest BCUT2D eigenvalue weighted by atomic mass is 19.2. The zero-order chi connectivity index (χ0) is 19.2. The maximum Gasteiger partial charge on any atom is 0.200 e. The summed E-state index contributed by atoms with van der Waals surface area (Å²) in [6.07, 6.45) is 10.2. The molecule has 3 nitrogen and oxygen atoms in total. The molecule has 0 radical (unpaired) electrons. The lowest BCUT2D eigenvalue weighted by molar-refractivity contribution is -0.0795. The van der Waals surface area contributed by atoms with E-state index in [9.17, 15) is 8.78 Å². The monoisotopic (exact) mass is 380 g/mol. The van der Waals surface area contributed by atoms with Crippen LogP contribution in [0.25, 0.3) is 0 Å².